The van der Waals surface area contributed by atoms with Crippen LogP contribution in [0.2, 0.25) is 0 Å². The number of hydrogen-bond donors (Lipinski definition) is 1. The smallest absolute Gasteiger partial charge is 0.377 e. The molecule has 0 bridgehead atoms. The summed E-state index contributed by atoms with van der Waals surface area (Å²) in [5.41, 5.74) is -0.360. The van der Waals surface area contributed by atoms with Crippen molar-refractivity contribution in [3.63, 3.8) is 0 Å². The van der Waals surface area contributed by atoms with Crippen LogP contribution in [0, 0.1) is 0 Å². The third-order valence-corrected chi connectivity index (χ3v) is 3.83. The summed E-state index contributed by atoms with van der Waals surface area (Å²) in [6.07, 6.45) is -1.58. The van der Waals surface area contributed by atoms with Gasteiger partial charge >= 0.3 is 6.18 Å². The quantitative estimate of drug-likeness (QED) is 0.645. The summed E-state index contributed by atoms with van der Waals surface area (Å²) in [6.45, 7) is 6.91. The van der Waals surface area contributed by atoms with E-state index in [0.29, 0.717) is 6.42 Å². The van der Waals surface area contributed by atoms with Gasteiger partial charge in [-0.3, -0.25) is 0 Å². The Hall–Kier alpha value is -0.290. The van der Waals surface area contributed by atoms with Crippen LogP contribution in [0.4, 0.5) is 13.2 Å². The molecule has 0 fully saturated rings. The van der Waals surface area contributed by atoms with E-state index in [0.717, 1.165) is 25.8 Å². The van der Waals surface area contributed by atoms with Crippen LogP contribution in [-0.4, -0.2) is 31.5 Å². The van der Waals surface area contributed by atoms with Gasteiger partial charge in [-0.1, -0.05) is 20.8 Å². The number of methoxy groups -OCH3 is 1. The molecule has 0 saturated heterocycles. The molecule has 0 aromatic carbocycles. The summed E-state index contributed by atoms with van der Waals surface area (Å²) in [5.74, 6) is 0. The molecular formula is C14H28F3NO. The highest BCUT2D eigenvalue weighted by molar-refractivity contribution is 4.91. The van der Waals surface area contributed by atoms with Crippen molar-refractivity contribution in [3.05, 3.63) is 0 Å². The Morgan fingerprint density at radius 1 is 1.11 bits per heavy atom. The van der Waals surface area contributed by atoms with Gasteiger partial charge < -0.3 is 10.1 Å². The Morgan fingerprint density at radius 2 is 1.68 bits per heavy atom. The third kappa shape index (κ3) is 6.61. The molecule has 0 heterocycles. The lowest BCUT2D eigenvalue weighted by Crippen LogP contribution is -2.51. The van der Waals surface area contributed by atoms with Crippen molar-refractivity contribution < 1.29 is 17.9 Å². The van der Waals surface area contributed by atoms with Crippen LogP contribution in [0.15, 0.2) is 0 Å². The van der Waals surface area contributed by atoms with Gasteiger partial charge in [-0.15, -0.1) is 0 Å². The zero-order valence-electron chi connectivity index (χ0n) is 12.6. The minimum absolute atomic E-state index is 0.0187. The monoisotopic (exact) mass is 283 g/mol. The van der Waals surface area contributed by atoms with Gasteiger partial charge in [-0.25, -0.2) is 0 Å². The number of nitrogens with one attached hydrogen (secondary N) is 1. The Balaban J connectivity index is 4.60. The van der Waals surface area contributed by atoms with Crippen LogP contribution in [0.25, 0.3) is 0 Å². The highest BCUT2D eigenvalue weighted by atomic mass is 19.4. The van der Waals surface area contributed by atoms with Crippen molar-refractivity contribution >= 4 is 0 Å². The highest BCUT2D eigenvalue weighted by Gasteiger charge is 2.36. The molecule has 2 nitrogen and oxygen atoms in total. The van der Waals surface area contributed by atoms with E-state index in [9.17, 15) is 13.2 Å². The molecule has 0 saturated carbocycles. The van der Waals surface area contributed by atoms with Crippen molar-refractivity contribution in [1.29, 1.82) is 0 Å². The lowest BCUT2D eigenvalue weighted by molar-refractivity contribution is -0.137. The average molecular weight is 283 g/mol. The normalized spacial score (nSPS) is 14.7. The SMILES string of the molecule is CCCNC(CCCC(F)(F)F)C(CC)(CC)OC. The molecule has 0 radical (unpaired) electrons. The molecule has 5 heteroatoms. The summed E-state index contributed by atoms with van der Waals surface area (Å²) in [7, 11) is 1.65. The van der Waals surface area contributed by atoms with Gasteiger partial charge in [0.1, 0.15) is 0 Å². The summed E-state index contributed by atoms with van der Waals surface area (Å²) in [4.78, 5) is 0. The molecule has 0 amide bonds. The maximum atomic E-state index is 12.2. The minimum Gasteiger partial charge on any atom is -0.377 e. The predicted octanol–water partition coefficient (Wildman–Crippen LogP) is 4.29. The van der Waals surface area contributed by atoms with Crippen molar-refractivity contribution in [2.45, 2.75) is 77.1 Å². The minimum atomic E-state index is -4.07. The third-order valence-electron chi connectivity index (χ3n) is 3.83. The predicted molar refractivity (Wildman–Crippen MR) is 72.3 cm³/mol. The number of alkyl halides is 3. The van der Waals surface area contributed by atoms with Gasteiger partial charge in [0.05, 0.1) is 5.60 Å². The molecule has 0 aromatic heterocycles. The van der Waals surface area contributed by atoms with Gasteiger partial charge in [0, 0.05) is 19.6 Å². The summed E-state index contributed by atoms with van der Waals surface area (Å²) >= 11 is 0. The fraction of sp³-hybridized carbons (Fsp3) is 1.00. The molecule has 0 aromatic rings. The van der Waals surface area contributed by atoms with E-state index in [2.05, 4.69) is 5.32 Å². The average Bonchev–Trinajstić information content (AvgIpc) is 2.36. The summed E-state index contributed by atoms with van der Waals surface area (Å²) < 4.78 is 42.4. The number of rotatable bonds is 10. The first kappa shape index (κ1) is 18.7. The van der Waals surface area contributed by atoms with Gasteiger partial charge in [-0.05, 0) is 38.6 Å². The second-order valence-corrected chi connectivity index (χ2v) is 4.99. The largest absolute Gasteiger partial charge is 0.389 e. The van der Waals surface area contributed by atoms with E-state index < -0.39 is 12.6 Å². The molecule has 116 valence electrons. The van der Waals surface area contributed by atoms with E-state index in [-0.39, 0.29) is 18.1 Å². The van der Waals surface area contributed by atoms with Crippen molar-refractivity contribution in [2.75, 3.05) is 13.7 Å². The van der Waals surface area contributed by atoms with Gasteiger partial charge in [0.2, 0.25) is 0 Å². The topological polar surface area (TPSA) is 21.3 Å². The zero-order valence-corrected chi connectivity index (χ0v) is 12.6. The standard InChI is InChI=1S/C14H28F3NO/c1-5-11-18-12(9-8-10-14(15,16)17)13(6-2,7-3)19-4/h12,18H,5-11H2,1-4H3. The molecule has 0 aliphatic rings. The summed E-state index contributed by atoms with van der Waals surface area (Å²) in [5, 5.41) is 3.36. The van der Waals surface area contributed by atoms with Gasteiger partial charge in [0.15, 0.2) is 0 Å². The van der Waals surface area contributed by atoms with E-state index in [1.807, 2.05) is 20.8 Å². The molecular weight excluding hydrogens is 255 g/mol. The first-order chi connectivity index (χ1) is 8.85. The first-order valence-corrected chi connectivity index (χ1v) is 7.20. The van der Waals surface area contributed by atoms with E-state index in [1.165, 1.54) is 0 Å². The van der Waals surface area contributed by atoms with E-state index in [1.54, 1.807) is 7.11 Å². The Bertz CT molecular complexity index is 219. The molecule has 1 unspecified atom stereocenters. The Morgan fingerprint density at radius 3 is 2.05 bits per heavy atom. The van der Waals surface area contributed by atoms with E-state index in [4.69, 9.17) is 4.74 Å². The molecule has 0 spiro atoms. The highest BCUT2D eigenvalue weighted by Crippen LogP contribution is 2.29. The van der Waals surface area contributed by atoms with Crippen LogP contribution < -0.4 is 5.32 Å². The van der Waals surface area contributed by atoms with Crippen molar-refractivity contribution in [1.82, 2.24) is 5.32 Å². The van der Waals surface area contributed by atoms with Crippen LogP contribution in [0.5, 0.6) is 0 Å². The van der Waals surface area contributed by atoms with Crippen molar-refractivity contribution in [2.24, 2.45) is 0 Å². The molecule has 1 N–H and O–H groups in total. The second kappa shape index (κ2) is 8.80. The van der Waals surface area contributed by atoms with Crippen LogP contribution in [0.1, 0.15) is 59.3 Å². The lowest BCUT2D eigenvalue weighted by atomic mass is 9.85. The number of hydrogen-bond acceptors (Lipinski definition) is 2. The number of halogens is 3. The van der Waals surface area contributed by atoms with Crippen LogP contribution in [0.3, 0.4) is 0 Å². The first-order valence-electron chi connectivity index (χ1n) is 7.20. The molecule has 19 heavy (non-hydrogen) atoms. The Kier molecular flexibility index (Phi) is 8.66. The van der Waals surface area contributed by atoms with Crippen LogP contribution >= 0.6 is 0 Å². The fourth-order valence-corrected chi connectivity index (χ4v) is 2.55. The maximum absolute atomic E-state index is 12.2. The fourth-order valence-electron chi connectivity index (χ4n) is 2.55. The van der Waals surface area contributed by atoms with Gasteiger partial charge in [-0.2, -0.15) is 13.2 Å². The van der Waals surface area contributed by atoms with E-state index >= 15 is 0 Å². The summed E-state index contributed by atoms with van der Waals surface area (Å²) in [6, 6.07) is -0.0187. The molecule has 0 aliphatic heterocycles. The molecule has 1 atom stereocenters. The number of ether oxygens (including phenoxy) is 1. The van der Waals surface area contributed by atoms with Gasteiger partial charge in [0.25, 0.3) is 0 Å². The second-order valence-electron chi connectivity index (χ2n) is 4.99. The molecule has 0 aliphatic carbocycles. The lowest BCUT2D eigenvalue weighted by Gasteiger charge is -2.39. The van der Waals surface area contributed by atoms with Crippen LogP contribution in [-0.2, 0) is 4.74 Å². The Labute approximate surface area is 115 Å². The maximum Gasteiger partial charge on any atom is 0.389 e. The van der Waals surface area contributed by atoms with Crippen molar-refractivity contribution in [3.8, 4) is 0 Å². The molecule has 0 rings (SSSR count). The zero-order chi connectivity index (χ0) is 14.9.